The Morgan fingerprint density at radius 3 is 2.03 bits per heavy atom. The van der Waals surface area contributed by atoms with E-state index >= 15 is 0 Å². The highest BCUT2D eigenvalue weighted by Gasteiger charge is 2.34. The number of aliphatic hydroxyl groups excluding tert-OH is 2. The van der Waals surface area contributed by atoms with Crippen LogP contribution in [0.25, 0.3) is 0 Å². The van der Waals surface area contributed by atoms with E-state index in [4.69, 9.17) is 0 Å². The molecule has 0 spiro atoms. The fraction of sp³-hybridized carbons (Fsp3) is 0.933. The molecular formula is C30H56O2. The fourth-order valence-corrected chi connectivity index (χ4v) is 7.16. The summed E-state index contributed by atoms with van der Waals surface area (Å²) in [6, 6.07) is 0. The number of allylic oxidation sites excluding steroid dienone is 1. The first-order valence-electron chi connectivity index (χ1n) is 14.1. The number of aliphatic hydroxyl groups is 2. The molecule has 6 unspecified atom stereocenters. The van der Waals surface area contributed by atoms with Gasteiger partial charge < -0.3 is 10.2 Å². The molecule has 0 aliphatic heterocycles. The summed E-state index contributed by atoms with van der Waals surface area (Å²) in [7, 11) is 0. The molecule has 188 valence electrons. The molecule has 8 atom stereocenters. The van der Waals surface area contributed by atoms with Gasteiger partial charge in [-0.3, -0.25) is 0 Å². The highest BCUT2D eigenvalue weighted by molar-refractivity contribution is 4.89. The van der Waals surface area contributed by atoms with Crippen molar-refractivity contribution >= 4 is 0 Å². The third-order valence-electron chi connectivity index (χ3n) is 9.79. The van der Waals surface area contributed by atoms with Crippen LogP contribution in [0.5, 0.6) is 0 Å². The smallest absolute Gasteiger partial charge is 0.0596 e. The van der Waals surface area contributed by atoms with Crippen molar-refractivity contribution in [2.45, 2.75) is 124 Å². The summed E-state index contributed by atoms with van der Waals surface area (Å²) >= 11 is 0. The lowest BCUT2D eigenvalue weighted by molar-refractivity contribution is -0.00450. The molecule has 0 aromatic heterocycles. The first-order chi connectivity index (χ1) is 15.1. The molecule has 2 rings (SSSR count). The summed E-state index contributed by atoms with van der Waals surface area (Å²) in [6.07, 6.45) is 15.2. The maximum absolute atomic E-state index is 11.2. The summed E-state index contributed by atoms with van der Waals surface area (Å²) in [4.78, 5) is 0. The van der Waals surface area contributed by atoms with Crippen LogP contribution >= 0.6 is 0 Å². The highest BCUT2D eigenvalue weighted by atomic mass is 16.3. The molecule has 0 bridgehead atoms. The first-order valence-corrected chi connectivity index (χ1v) is 14.1. The number of hydrogen-bond acceptors (Lipinski definition) is 2. The number of hydrogen-bond donors (Lipinski definition) is 2. The molecule has 0 aromatic carbocycles. The van der Waals surface area contributed by atoms with Crippen molar-refractivity contribution in [3.63, 3.8) is 0 Å². The van der Waals surface area contributed by atoms with Crippen molar-refractivity contribution < 1.29 is 10.2 Å². The van der Waals surface area contributed by atoms with Crippen LogP contribution in [0.1, 0.15) is 112 Å². The predicted molar refractivity (Wildman–Crippen MR) is 138 cm³/mol. The van der Waals surface area contributed by atoms with E-state index in [0.29, 0.717) is 41.4 Å². The summed E-state index contributed by atoms with van der Waals surface area (Å²) in [5, 5.41) is 22.3. The van der Waals surface area contributed by atoms with Gasteiger partial charge in [-0.15, -0.1) is 6.58 Å². The van der Waals surface area contributed by atoms with Gasteiger partial charge in [-0.1, -0.05) is 73.3 Å². The zero-order chi connectivity index (χ0) is 23.8. The first kappa shape index (κ1) is 27.9. The minimum absolute atomic E-state index is 0.194. The average molecular weight is 449 g/mol. The van der Waals surface area contributed by atoms with E-state index in [1.165, 1.54) is 44.9 Å². The molecule has 32 heavy (non-hydrogen) atoms. The summed E-state index contributed by atoms with van der Waals surface area (Å²) in [5.41, 5.74) is 0. The zero-order valence-corrected chi connectivity index (χ0v) is 22.3. The Morgan fingerprint density at radius 1 is 0.844 bits per heavy atom. The van der Waals surface area contributed by atoms with Crippen LogP contribution in [-0.4, -0.2) is 22.4 Å². The van der Waals surface area contributed by atoms with Gasteiger partial charge >= 0.3 is 0 Å². The molecule has 0 radical (unpaired) electrons. The second kappa shape index (κ2) is 13.5. The van der Waals surface area contributed by atoms with Gasteiger partial charge in [0, 0.05) is 0 Å². The van der Waals surface area contributed by atoms with Crippen molar-refractivity contribution in [3.05, 3.63) is 12.7 Å². The monoisotopic (exact) mass is 448 g/mol. The van der Waals surface area contributed by atoms with Crippen molar-refractivity contribution in [2.24, 2.45) is 53.3 Å². The zero-order valence-electron chi connectivity index (χ0n) is 22.3. The van der Waals surface area contributed by atoms with Gasteiger partial charge in [0.15, 0.2) is 0 Å². The van der Waals surface area contributed by atoms with Crippen LogP contribution in [0.3, 0.4) is 0 Å². The van der Waals surface area contributed by atoms with Crippen molar-refractivity contribution in [3.8, 4) is 0 Å². The lowest BCUT2D eigenvalue weighted by atomic mass is 9.70. The van der Waals surface area contributed by atoms with Gasteiger partial charge in [0.25, 0.3) is 0 Å². The van der Waals surface area contributed by atoms with E-state index in [1.54, 1.807) is 0 Å². The quantitative estimate of drug-likeness (QED) is 0.298. The van der Waals surface area contributed by atoms with Crippen LogP contribution in [0.4, 0.5) is 0 Å². The SMILES string of the molecule is C=CC1CCC(C(O)C(C)[C@H](CCC(C)C(O)C(C)CC2CCCC[C@H]2C)C(C)C)CC1. The van der Waals surface area contributed by atoms with Crippen LogP contribution in [0.15, 0.2) is 12.7 Å². The third kappa shape index (κ3) is 7.86. The lowest BCUT2D eigenvalue weighted by Gasteiger charge is -2.38. The maximum Gasteiger partial charge on any atom is 0.0596 e. The predicted octanol–water partition coefficient (Wildman–Crippen LogP) is 7.88. The molecule has 2 fully saturated rings. The van der Waals surface area contributed by atoms with Crippen molar-refractivity contribution in [2.75, 3.05) is 0 Å². The molecule has 2 saturated carbocycles. The Hall–Kier alpha value is -0.340. The van der Waals surface area contributed by atoms with E-state index in [9.17, 15) is 10.2 Å². The Balaban J connectivity index is 1.85. The van der Waals surface area contributed by atoms with E-state index in [0.717, 1.165) is 37.5 Å². The standard InChI is InChI=1S/C30H56O2/c1-8-25-14-16-26(17-15-25)30(32)24(7)28(20(2)3)18-13-22(5)29(31)23(6)19-27-12-10-9-11-21(27)4/h8,20-32H,1,9-19H2,2-7H3/t21-,22?,23?,24?,25?,26?,27?,28-,29?,30?/m1/s1. The molecule has 0 aromatic rings. The molecule has 0 heterocycles. The van der Waals surface area contributed by atoms with Crippen LogP contribution in [0.2, 0.25) is 0 Å². The Labute approximate surface area is 200 Å². The Kier molecular flexibility index (Phi) is 11.8. The largest absolute Gasteiger partial charge is 0.393 e. The topological polar surface area (TPSA) is 40.5 Å². The van der Waals surface area contributed by atoms with Gasteiger partial charge in [-0.25, -0.2) is 0 Å². The minimum atomic E-state index is -0.202. The number of rotatable bonds is 12. The van der Waals surface area contributed by atoms with E-state index in [-0.39, 0.29) is 12.2 Å². The molecular weight excluding hydrogens is 392 g/mol. The summed E-state index contributed by atoms with van der Waals surface area (Å²) in [5.74, 6) is 4.84. The lowest BCUT2D eigenvalue weighted by Crippen LogP contribution is -2.37. The van der Waals surface area contributed by atoms with Gasteiger partial charge in [0.1, 0.15) is 0 Å². The average Bonchev–Trinajstić information content (AvgIpc) is 2.79. The normalized spacial score (nSPS) is 32.7. The molecule has 2 heteroatoms. The second-order valence-corrected chi connectivity index (χ2v) is 12.4. The highest BCUT2D eigenvalue weighted by Crippen LogP contribution is 2.39. The van der Waals surface area contributed by atoms with Crippen molar-refractivity contribution in [1.29, 1.82) is 0 Å². The van der Waals surface area contributed by atoms with E-state index < -0.39 is 0 Å². The molecule has 2 aliphatic carbocycles. The minimum Gasteiger partial charge on any atom is -0.393 e. The summed E-state index contributed by atoms with van der Waals surface area (Å²) in [6.45, 7) is 17.8. The van der Waals surface area contributed by atoms with E-state index in [1.807, 2.05) is 0 Å². The Morgan fingerprint density at radius 2 is 1.47 bits per heavy atom. The molecule has 0 saturated heterocycles. The van der Waals surface area contributed by atoms with Gasteiger partial charge in [-0.05, 0) is 98.2 Å². The summed E-state index contributed by atoms with van der Waals surface area (Å²) < 4.78 is 0. The van der Waals surface area contributed by atoms with Crippen LogP contribution in [0, 0.1) is 53.3 Å². The Bertz CT molecular complexity index is 521. The second-order valence-electron chi connectivity index (χ2n) is 12.4. The maximum atomic E-state index is 11.2. The van der Waals surface area contributed by atoms with Crippen LogP contribution in [-0.2, 0) is 0 Å². The van der Waals surface area contributed by atoms with Crippen molar-refractivity contribution in [1.82, 2.24) is 0 Å². The van der Waals surface area contributed by atoms with E-state index in [2.05, 4.69) is 54.2 Å². The molecule has 2 aliphatic rings. The van der Waals surface area contributed by atoms with Gasteiger partial charge in [0.05, 0.1) is 12.2 Å². The van der Waals surface area contributed by atoms with Gasteiger partial charge in [0.2, 0.25) is 0 Å². The third-order valence-corrected chi connectivity index (χ3v) is 9.79. The molecule has 2 nitrogen and oxygen atoms in total. The molecule has 0 amide bonds. The van der Waals surface area contributed by atoms with Crippen LogP contribution < -0.4 is 0 Å². The molecule has 2 N–H and O–H groups in total. The fourth-order valence-electron chi connectivity index (χ4n) is 7.16. The van der Waals surface area contributed by atoms with Gasteiger partial charge in [-0.2, -0.15) is 0 Å².